The molecular formula is C26H17N3O3. The topological polar surface area (TPSA) is 81.5 Å². The summed E-state index contributed by atoms with van der Waals surface area (Å²) in [6, 6.07) is 26.4. The van der Waals surface area contributed by atoms with Crippen LogP contribution in [0.25, 0.3) is 39.4 Å². The van der Waals surface area contributed by atoms with Crippen LogP contribution in [0.3, 0.4) is 0 Å². The van der Waals surface area contributed by atoms with Crippen LogP contribution in [0.15, 0.2) is 100 Å². The molecule has 32 heavy (non-hydrogen) atoms. The zero-order chi connectivity index (χ0) is 21.9. The number of para-hydroxylation sites is 1. The number of nitrogens with zero attached hydrogens (tertiary/aromatic N) is 3. The lowest BCUT2D eigenvalue weighted by Crippen LogP contribution is -1.90. The molecule has 0 amide bonds. The summed E-state index contributed by atoms with van der Waals surface area (Å²) < 4.78 is 5.94. The molecule has 1 aromatic heterocycles. The van der Waals surface area contributed by atoms with Crippen LogP contribution >= 0.6 is 0 Å². The van der Waals surface area contributed by atoms with E-state index in [0.29, 0.717) is 28.2 Å². The summed E-state index contributed by atoms with van der Waals surface area (Å²) in [5.74, 6) is 0.558. The molecule has 0 N–H and O–H groups in total. The number of aromatic nitrogens is 1. The highest BCUT2D eigenvalue weighted by atomic mass is 16.6. The zero-order valence-corrected chi connectivity index (χ0v) is 16.9. The Morgan fingerprint density at radius 1 is 0.906 bits per heavy atom. The van der Waals surface area contributed by atoms with Crippen molar-refractivity contribution in [3.8, 4) is 11.5 Å². The van der Waals surface area contributed by atoms with E-state index < -0.39 is 4.92 Å². The third kappa shape index (κ3) is 3.89. The van der Waals surface area contributed by atoms with E-state index in [-0.39, 0.29) is 5.69 Å². The van der Waals surface area contributed by atoms with Crippen LogP contribution in [0.5, 0.6) is 0 Å². The minimum absolute atomic E-state index is 0.0578. The van der Waals surface area contributed by atoms with Gasteiger partial charge in [0.2, 0.25) is 5.89 Å². The number of nitro groups is 1. The van der Waals surface area contributed by atoms with E-state index in [1.807, 2.05) is 36.4 Å². The normalized spacial score (nSPS) is 11.8. The van der Waals surface area contributed by atoms with E-state index in [0.717, 1.165) is 16.3 Å². The highest BCUT2D eigenvalue weighted by Gasteiger charge is 2.10. The van der Waals surface area contributed by atoms with E-state index in [4.69, 9.17) is 4.42 Å². The lowest BCUT2D eigenvalue weighted by Gasteiger charge is -1.99. The van der Waals surface area contributed by atoms with Gasteiger partial charge in [-0.05, 0) is 59.3 Å². The third-order valence-corrected chi connectivity index (χ3v) is 5.09. The Balaban J connectivity index is 1.38. The molecule has 5 aromatic rings. The Morgan fingerprint density at radius 2 is 1.72 bits per heavy atom. The molecule has 154 valence electrons. The van der Waals surface area contributed by atoms with Gasteiger partial charge in [-0.2, -0.15) is 0 Å². The van der Waals surface area contributed by atoms with Crippen LogP contribution in [0.4, 0.5) is 11.4 Å². The Kier molecular flexibility index (Phi) is 5.01. The summed E-state index contributed by atoms with van der Waals surface area (Å²) in [4.78, 5) is 19.7. The standard InChI is InChI=1S/C26H17N3O3/c30-29(31)24-10-4-3-7-19(24)9-5-15-27-22-13-14-25-23(17-22)28-26(32-25)21-12-11-18-6-1-2-8-20(18)16-21/h1-17H/b9-5+,27-15?. The van der Waals surface area contributed by atoms with Crippen molar-refractivity contribution in [1.29, 1.82) is 0 Å². The molecule has 0 aliphatic rings. The monoisotopic (exact) mass is 419 g/mol. The van der Waals surface area contributed by atoms with Crippen molar-refractivity contribution in [2.45, 2.75) is 0 Å². The molecule has 0 bridgehead atoms. The quantitative estimate of drug-likeness (QED) is 0.175. The van der Waals surface area contributed by atoms with Gasteiger partial charge in [-0.25, -0.2) is 4.98 Å². The fourth-order valence-electron chi connectivity index (χ4n) is 3.51. The van der Waals surface area contributed by atoms with Crippen LogP contribution in [-0.2, 0) is 0 Å². The molecule has 0 fully saturated rings. The minimum Gasteiger partial charge on any atom is -0.436 e. The van der Waals surface area contributed by atoms with Gasteiger partial charge in [0.1, 0.15) is 5.52 Å². The van der Waals surface area contributed by atoms with Gasteiger partial charge < -0.3 is 4.42 Å². The molecule has 0 saturated heterocycles. The second kappa shape index (κ2) is 8.28. The number of aliphatic imine (C=N–C) groups is 1. The third-order valence-electron chi connectivity index (χ3n) is 5.09. The van der Waals surface area contributed by atoms with Gasteiger partial charge in [-0.1, -0.05) is 42.5 Å². The van der Waals surface area contributed by atoms with E-state index in [1.165, 1.54) is 6.07 Å². The summed E-state index contributed by atoms with van der Waals surface area (Å²) in [7, 11) is 0. The molecule has 6 nitrogen and oxygen atoms in total. The first-order chi connectivity index (χ1) is 15.7. The maximum atomic E-state index is 11.1. The van der Waals surface area contributed by atoms with Crippen molar-refractivity contribution in [1.82, 2.24) is 4.98 Å². The van der Waals surface area contributed by atoms with Crippen molar-refractivity contribution >= 4 is 45.5 Å². The van der Waals surface area contributed by atoms with E-state index in [1.54, 1.807) is 36.6 Å². The molecule has 0 atom stereocenters. The Labute approximate surface area is 183 Å². The zero-order valence-electron chi connectivity index (χ0n) is 16.9. The van der Waals surface area contributed by atoms with Gasteiger partial charge in [0, 0.05) is 17.8 Å². The largest absolute Gasteiger partial charge is 0.436 e. The van der Waals surface area contributed by atoms with Gasteiger partial charge in [0.25, 0.3) is 5.69 Å². The number of fused-ring (bicyclic) bond motifs is 2. The van der Waals surface area contributed by atoms with Gasteiger partial charge >= 0.3 is 0 Å². The summed E-state index contributed by atoms with van der Waals surface area (Å²) in [6.07, 6.45) is 4.94. The Bertz CT molecular complexity index is 1520. The first-order valence-electron chi connectivity index (χ1n) is 10.0. The van der Waals surface area contributed by atoms with Crippen molar-refractivity contribution in [2.75, 3.05) is 0 Å². The van der Waals surface area contributed by atoms with Crippen molar-refractivity contribution in [3.63, 3.8) is 0 Å². The molecule has 1 heterocycles. The highest BCUT2D eigenvalue weighted by molar-refractivity contribution is 5.88. The number of rotatable bonds is 5. The molecule has 0 radical (unpaired) electrons. The highest BCUT2D eigenvalue weighted by Crippen LogP contribution is 2.29. The van der Waals surface area contributed by atoms with Crippen molar-refractivity contribution in [2.24, 2.45) is 4.99 Å². The van der Waals surface area contributed by atoms with Crippen LogP contribution < -0.4 is 0 Å². The molecule has 0 aliphatic heterocycles. The number of benzene rings is 4. The van der Waals surface area contributed by atoms with Crippen molar-refractivity contribution in [3.05, 3.63) is 107 Å². The smallest absolute Gasteiger partial charge is 0.276 e. The summed E-state index contributed by atoms with van der Waals surface area (Å²) in [5, 5.41) is 13.4. The number of hydrogen-bond donors (Lipinski definition) is 0. The van der Waals surface area contributed by atoms with Crippen molar-refractivity contribution < 1.29 is 9.34 Å². The molecule has 0 spiro atoms. The van der Waals surface area contributed by atoms with E-state index in [2.05, 4.69) is 34.2 Å². The van der Waals surface area contributed by atoms with Gasteiger partial charge in [0.15, 0.2) is 5.58 Å². The Hall–Kier alpha value is -4.58. The fraction of sp³-hybridized carbons (Fsp3) is 0. The average Bonchev–Trinajstić information content (AvgIpc) is 3.25. The molecule has 5 rings (SSSR count). The summed E-state index contributed by atoms with van der Waals surface area (Å²) >= 11 is 0. The van der Waals surface area contributed by atoms with Gasteiger partial charge in [-0.3, -0.25) is 15.1 Å². The Morgan fingerprint density at radius 3 is 2.59 bits per heavy atom. The molecule has 0 aliphatic carbocycles. The predicted octanol–water partition coefficient (Wildman–Crippen LogP) is 6.97. The maximum absolute atomic E-state index is 11.1. The van der Waals surface area contributed by atoms with Crippen LogP contribution in [-0.4, -0.2) is 16.1 Å². The van der Waals surface area contributed by atoms with Gasteiger partial charge in [-0.15, -0.1) is 0 Å². The summed E-state index contributed by atoms with van der Waals surface area (Å²) in [6.45, 7) is 0. The summed E-state index contributed by atoms with van der Waals surface area (Å²) in [5.41, 5.74) is 3.60. The minimum atomic E-state index is -0.400. The molecular weight excluding hydrogens is 402 g/mol. The van der Waals surface area contributed by atoms with E-state index in [9.17, 15) is 10.1 Å². The molecule has 0 unspecified atom stereocenters. The fourth-order valence-corrected chi connectivity index (χ4v) is 3.51. The number of oxazole rings is 1. The van der Waals surface area contributed by atoms with Crippen LogP contribution in [0.2, 0.25) is 0 Å². The molecule has 6 heteroatoms. The van der Waals surface area contributed by atoms with E-state index >= 15 is 0 Å². The SMILES string of the molecule is O=[N+]([O-])c1ccccc1/C=C/C=Nc1ccc2oc(-c3ccc4ccccc4c3)nc2c1. The lowest BCUT2D eigenvalue weighted by atomic mass is 10.1. The van der Waals surface area contributed by atoms with Crippen LogP contribution in [0.1, 0.15) is 5.56 Å². The maximum Gasteiger partial charge on any atom is 0.276 e. The number of hydrogen-bond acceptors (Lipinski definition) is 5. The number of nitro benzene ring substituents is 1. The second-order valence-electron chi connectivity index (χ2n) is 7.19. The average molecular weight is 419 g/mol. The van der Waals surface area contributed by atoms with Gasteiger partial charge in [0.05, 0.1) is 16.2 Å². The molecule has 0 saturated carbocycles. The number of allylic oxidation sites excluding steroid dienone is 1. The first kappa shape index (κ1) is 19.4. The first-order valence-corrected chi connectivity index (χ1v) is 10.0. The second-order valence-corrected chi connectivity index (χ2v) is 7.19. The molecule has 4 aromatic carbocycles. The predicted molar refractivity (Wildman–Crippen MR) is 127 cm³/mol. The lowest BCUT2D eigenvalue weighted by molar-refractivity contribution is -0.385. The van der Waals surface area contributed by atoms with Crippen LogP contribution in [0, 0.1) is 10.1 Å².